The Hall–Kier alpha value is -3.13. The number of thioether (sulfide) groups is 1. The summed E-state index contributed by atoms with van der Waals surface area (Å²) in [6.07, 6.45) is 0.867. The van der Waals surface area contributed by atoms with Crippen molar-refractivity contribution in [1.29, 1.82) is 0 Å². The van der Waals surface area contributed by atoms with E-state index in [2.05, 4.69) is 0 Å². The van der Waals surface area contributed by atoms with Crippen LogP contribution in [0.5, 0.6) is 0 Å². The summed E-state index contributed by atoms with van der Waals surface area (Å²) in [7, 11) is 0. The van der Waals surface area contributed by atoms with Gasteiger partial charge in [0, 0.05) is 29.2 Å². The predicted molar refractivity (Wildman–Crippen MR) is 122 cm³/mol. The molecule has 0 saturated carbocycles. The number of nitrogens with zero attached hydrogens (tertiary/aromatic N) is 1. The molecule has 3 aromatic rings. The summed E-state index contributed by atoms with van der Waals surface area (Å²) >= 11 is 1.51. The highest BCUT2D eigenvalue weighted by molar-refractivity contribution is 8.00. The van der Waals surface area contributed by atoms with E-state index < -0.39 is 22.5 Å². The average Bonchev–Trinajstić information content (AvgIpc) is 3.32. The molecule has 0 radical (unpaired) electrons. The molecule has 170 valence electrons. The van der Waals surface area contributed by atoms with Crippen LogP contribution >= 0.6 is 11.8 Å². The first kappa shape index (κ1) is 21.7. The van der Waals surface area contributed by atoms with Crippen LogP contribution in [-0.2, 0) is 25.8 Å². The lowest BCUT2D eigenvalue weighted by Gasteiger charge is -2.33. The molecule has 1 aromatic heterocycles. The Balaban J connectivity index is 1.40. The molecule has 2 aliphatic rings. The molecule has 2 aliphatic heterocycles. The van der Waals surface area contributed by atoms with E-state index in [1.807, 2.05) is 19.9 Å². The Kier molecular flexibility index (Phi) is 5.28. The van der Waals surface area contributed by atoms with Crippen LogP contribution in [0.25, 0.3) is 11.0 Å². The Labute approximate surface area is 193 Å². The van der Waals surface area contributed by atoms with Crippen LogP contribution in [0, 0.1) is 19.7 Å². The van der Waals surface area contributed by atoms with Gasteiger partial charge in [0.2, 0.25) is 5.91 Å². The molecule has 6 nitrogen and oxygen atoms in total. The Morgan fingerprint density at radius 1 is 1.18 bits per heavy atom. The van der Waals surface area contributed by atoms with Gasteiger partial charge in [-0.1, -0.05) is 12.1 Å². The molecule has 2 atom stereocenters. The van der Waals surface area contributed by atoms with Crippen molar-refractivity contribution in [2.45, 2.75) is 44.2 Å². The Morgan fingerprint density at radius 2 is 1.91 bits per heavy atom. The number of hydrogen-bond donors (Lipinski definition) is 0. The molecular formula is C25H22FNO5S. The fraction of sp³-hybridized carbons (Fsp3) is 0.320. The standard InChI is InChI=1S/C25H22FNO5S/c1-14-9-19-16(11-23(29)32-21(19)10-15(14)2)12-31-24(30)20-13-33-25(8-7-22(28)27(20)25)17-3-5-18(26)6-4-17/h3-6,9-11,20H,7-8,12-13H2,1-2H3. The summed E-state index contributed by atoms with van der Waals surface area (Å²) in [5.74, 6) is -0.608. The first-order valence-electron chi connectivity index (χ1n) is 10.7. The molecule has 2 saturated heterocycles. The number of carbonyl (C=O) groups excluding carboxylic acids is 2. The van der Waals surface area contributed by atoms with Gasteiger partial charge < -0.3 is 14.1 Å². The van der Waals surface area contributed by atoms with Crippen LogP contribution in [0.15, 0.2) is 51.7 Å². The van der Waals surface area contributed by atoms with Crippen LogP contribution in [0.1, 0.15) is 35.1 Å². The van der Waals surface area contributed by atoms with E-state index in [1.165, 1.54) is 30.0 Å². The van der Waals surface area contributed by atoms with Gasteiger partial charge in [-0.2, -0.15) is 0 Å². The second-order valence-electron chi connectivity index (χ2n) is 8.51. The van der Waals surface area contributed by atoms with Gasteiger partial charge in [-0.3, -0.25) is 4.79 Å². The summed E-state index contributed by atoms with van der Waals surface area (Å²) in [6, 6.07) is 10.4. The van der Waals surface area contributed by atoms with Crippen molar-refractivity contribution in [3.63, 3.8) is 0 Å². The third-order valence-corrected chi connectivity index (χ3v) is 8.11. The van der Waals surface area contributed by atoms with E-state index in [0.29, 0.717) is 35.1 Å². The van der Waals surface area contributed by atoms with Crippen molar-refractivity contribution in [3.05, 3.63) is 81.0 Å². The predicted octanol–water partition coefficient (Wildman–Crippen LogP) is 4.18. The highest BCUT2D eigenvalue weighted by Gasteiger charge is 2.57. The van der Waals surface area contributed by atoms with Crippen molar-refractivity contribution in [1.82, 2.24) is 4.90 Å². The summed E-state index contributed by atoms with van der Waals surface area (Å²) in [6.45, 7) is 3.79. The molecule has 0 N–H and O–H groups in total. The van der Waals surface area contributed by atoms with E-state index in [4.69, 9.17) is 9.15 Å². The highest BCUT2D eigenvalue weighted by Crippen LogP contribution is 2.54. The summed E-state index contributed by atoms with van der Waals surface area (Å²) in [4.78, 5) is 38.8. The molecule has 0 bridgehead atoms. The molecule has 5 rings (SSSR count). The molecular weight excluding hydrogens is 445 g/mol. The highest BCUT2D eigenvalue weighted by atomic mass is 32.2. The van der Waals surface area contributed by atoms with Crippen LogP contribution in [-0.4, -0.2) is 28.6 Å². The number of esters is 1. The minimum absolute atomic E-state index is 0.101. The molecule has 2 fully saturated rings. The zero-order valence-electron chi connectivity index (χ0n) is 18.2. The van der Waals surface area contributed by atoms with Gasteiger partial charge in [-0.25, -0.2) is 14.0 Å². The number of fused-ring (bicyclic) bond motifs is 2. The maximum atomic E-state index is 13.5. The van der Waals surface area contributed by atoms with Gasteiger partial charge in [0.1, 0.15) is 28.9 Å². The van der Waals surface area contributed by atoms with E-state index in [-0.39, 0.29) is 18.3 Å². The fourth-order valence-electron chi connectivity index (χ4n) is 4.68. The van der Waals surface area contributed by atoms with E-state index in [1.54, 1.807) is 23.1 Å². The van der Waals surface area contributed by atoms with Crippen LogP contribution in [0.3, 0.4) is 0 Å². The molecule has 33 heavy (non-hydrogen) atoms. The van der Waals surface area contributed by atoms with Gasteiger partial charge in [-0.15, -0.1) is 11.8 Å². The van der Waals surface area contributed by atoms with Gasteiger partial charge in [0.25, 0.3) is 0 Å². The van der Waals surface area contributed by atoms with E-state index in [0.717, 1.165) is 16.7 Å². The zero-order chi connectivity index (χ0) is 23.3. The van der Waals surface area contributed by atoms with Crippen molar-refractivity contribution < 1.29 is 23.1 Å². The number of aryl methyl sites for hydroxylation is 2. The molecule has 0 spiro atoms. The first-order valence-corrected chi connectivity index (χ1v) is 11.7. The SMILES string of the molecule is Cc1cc2oc(=O)cc(COC(=O)C3CSC4(c5ccc(F)cc5)CCC(=O)N34)c2cc1C. The van der Waals surface area contributed by atoms with Crippen molar-refractivity contribution in [2.24, 2.45) is 0 Å². The minimum Gasteiger partial charge on any atom is -0.459 e. The number of carbonyl (C=O) groups is 2. The molecule has 3 heterocycles. The first-order chi connectivity index (χ1) is 15.8. The quantitative estimate of drug-likeness (QED) is 0.423. The zero-order valence-corrected chi connectivity index (χ0v) is 19.0. The number of ether oxygens (including phenoxy) is 1. The number of amides is 1. The van der Waals surface area contributed by atoms with Gasteiger partial charge in [-0.05, 0) is 61.2 Å². The molecule has 0 aliphatic carbocycles. The van der Waals surface area contributed by atoms with Crippen LogP contribution in [0.4, 0.5) is 4.39 Å². The normalized spacial score (nSPS) is 22.1. The third kappa shape index (κ3) is 3.62. The van der Waals surface area contributed by atoms with Crippen molar-refractivity contribution >= 4 is 34.6 Å². The summed E-state index contributed by atoms with van der Waals surface area (Å²) < 4.78 is 24.4. The lowest BCUT2D eigenvalue weighted by atomic mass is 10.0. The number of rotatable bonds is 4. The smallest absolute Gasteiger partial charge is 0.336 e. The Morgan fingerprint density at radius 3 is 2.67 bits per heavy atom. The summed E-state index contributed by atoms with van der Waals surface area (Å²) in [5, 5.41) is 0.712. The maximum absolute atomic E-state index is 13.5. The van der Waals surface area contributed by atoms with Crippen LogP contribution in [0.2, 0.25) is 0 Å². The van der Waals surface area contributed by atoms with E-state index in [9.17, 15) is 18.8 Å². The van der Waals surface area contributed by atoms with E-state index >= 15 is 0 Å². The number of hydrogen-bond acceptors (Lipinski definition) is 6. The van der Waals surface area contributed by atoms with Crippen molar-refractivity contribution in [2.75, 3.05) is 5.75 Å². The van der Waals surface area contributed by atoms with Gasteiger partial charge >= 0.3 is 11.6 Å². The number of benzene rings is 2. The lowest BCUT2D eigenvalue weighted by Crippen LogP contribution is -2.46. The topological polar surface area (TPSA) is 76.8 Å². The second-order valence-corrected chi connectivity index (χ2v) is 9.81. The molecule has 1 amide bonds. The minimum atomic E-state index is -0.745. The maximum Gasteiger partial charge on any atom is 0.336 e. The average molecular weight is 468 g/mol. The Bertz CT molecular complexity index is 1340. The summed E-state index contributed by atoms with van der Waals surface area (Å²) in [5.41, 5.74) is 3.31. The lowest BCUT2D eigenvalue weighted by molar-refractivity contribution is -0.155. The molecule has 2 aromatic carbocycles. The van der Waals surface area contributed by atoms with Gasteiger partial charge in [0.15, 0.2) is 0 Å². The van der Waals surface area contributed by atoms with Crippen LogP contribution < -0.4 is 5.63 Å². The monoisotopic (exact) mass is 467 g/mol. The fourth-order valence-corrected chi connectivity index (χ4v) is 6.31. The molecule has 8 heteroatoms. The van der Waals surface area contributed by atoms with Crippen molar-refractivity contribution in [3.8, 4) is 0 Å². The van der Waals surface area contributed by atoms with Gasteiger partial charge in [0.05, 0.1) is 0 Å². The molecule has 2 unspecified atom stereocenters. The second kappa shape index (κ2) is 8.02. The largest absolute Gasteiger partial charge is 0.459 e. The third-order valence-electron chi connectivity index (χ3n) is 6.51. The number of halogens is 1.